The summed E-state index contributed by atoms with van der Waals surface area (Å²) in [7, 11) is 0. The number of hydrogen-bond acceptors (Lipinski definition) is 18. The summed E-state index contributed by atoms with van der Waals surface area (Å²) in [5.74, 6) is -1.38. The molecular formula is C71H102N8O18. The van der Waals surface area contributed by atoms with Crippen molar-refractivity contribution < 1.29 is 86.2 Å². The van der Waals surface area contributed by atoms with Crippen molar-refractivity contribution in [2.45, 2.75) is 216 Å². The number of hydrogen-bond donors (Lipinski definition) is 3. The summed E-state index contributed by atoms with van der Waals surface area (Å²) in [5.41, 5.74) is 1.90. The van der Waals surface area contributed by atoms with Crippen LogP contribution in [0.15, 0.2) is 54.6 Å². The van der Waals surface area contributed by atoms with Gasteiger partial charge in [0, 0.05) is 128 Å². The van der Waals surface area contributed by atoms with Gasteiger partial charge in [-0.1, -0.05) is 44.2 Å². The Kier molecular flexibility index (Phi) is 28.5. The molecule has 2 fully saturated rings. The molecule has 4 atom stereocenters. The number of aliphatic hydroxyl groups is 1. The first-order valence-corrected chi connectivity index (χ1v) is 33.9. The third-order valence-corrected chi connectivity index (χ3v) is 17.0. The van der Waals surface area contributed by atoms with Crippen LogP contribution in [0.4, 0.5) is 21.0 Å². The van der Waals surface area contributed by atoms with Crippen LogP contribution in [0.2, 0.25) is 0 Å². The van der Waals surface area contributed by atoms with Gasteiger partial charge in [-0.15, -0.1) is 0 Å². The monoisotopic (exact) mass is 1350 g/mol. The molecule has 0 bridgehead atoms. The normalized spacial score (nSPS) is 17.6. The molecule has 3 aromatic rings. The summed E-state index contributed by atoms with van der Waals surface area (Å²) in [6, 6.07) is 15.6. The lowest BCUT2D eigenvalue weighted by atomic mass is 9.97. The Morgan fingerprint density at radius 3 is 1.41 bits per heavy atom. The Labute approximate surface area is 570 Å². The van der Waals surface area contributed by atoms with Crippen LogP contribution in [0.1, 0.15) is 185 Å². The number of rotatable bonds is 27. The van der Waals surface area contributed by atoms with Gasteiger partial charge in [0.05, 0.1) is 30.1 Å². The lowest BCUT2D eigenvalue weighted by Gasteiger charge is -2.42. The van der Waals surface area contributed by atoms with E-state index in [4.69, 9.17) is 38.3 Å². The number of likely N-dealkylation sites (tertiary alicyclic amines) is 2. The van der Waals surface area contributed by atoms with Gasteiger partial charge in [-0.25, -0.2) is 9.59 Å². The molecule has 0 saturated carbocycles. The minimum absolute atomic E-state index is 0.0168. The number of aliphatic hydroxyl groups excluding tert-OH is 1. The highest BCUT2D eigenvalue weighted by molar-refractivity contribution is 6.06. The number of amides is 8. The smallest absolute Gasteiger partial charge is 0.412 e. The van der Waals surface area contributed by atoms with Gasteiger partial charge in [0.2, 0.25) is 24.4 Å². The van der Waals surface area contributed by atoms with E-state index in [0.29, 0.717) is 116 Å². The highest BCUT2D eigenvalue weighted by Crippen LogP contribution is 2.42. The highest BCUT2D eigenvalue weighted by Gasteiger charge is 2.45. The maximum absolute atomic E-state index is 14.3. The average molecular weight is 1360 g/mol. The second-order valence-corrected chi connectivity index (χ2v) is 26.3. The van der Waals surface area contributed by atoms with Crippen molar-refractivity contribution >= 4 is 70.9 Å². The van der Waals surface area contributed by atoms with E-state index in [1.807, 2.05) is 71.9 Å². The number of anilines is 2. The number of nitrogens with zero attached hydrogens (tertiary/aromatic N) is 6. The van der Waals surface area contributed by atoms with Crippen molar-refractivity contribution in [1.29, 1.82) is 0 Å². The molecule has 4 aliphatic heterocycles. The molecule has 534 valence electrons. The fourth-order valence-corrected chi connectivity index (χ4v) is 12.1. The van der Waals surface area contributed by atoms with E-state index in [1.165, 1.54) is 18.7 Å². The quantitative estimate of drug-likeness (QED) is 0.0366. The number of ether oxygens (including phenoxy) is 7. The van der Waals surface area contributed by atoms with Crippen molar-refractivity contribution in [3.8, 4) is 11.5 Å². The molecule has 2 saturated heterocycles. The van der Waals surface area contributed by atoms with Crippen molar-refractivity contribution in [3.05, 3.63) is 82.4 Å². The SMILES string of the molecule is CCC(=O)NCCN1C(=O)C(C)(C)Oc2cc(C)c(C(=O)N(C(C)C)[C@@H]3CCCN(C(=O)OC(C)OC(=O)CCCO)C3)cc21.CCC(=O)NCCN1C(=O)C(C)(C)Oc2cc(C)c(C(=O)N(C(C)C)[C@@H]3CCCN(C(=O)OC(C)OC(=O)CCCOCc4ccccc4)C3)cc21. The lowest BCUT2D eigenvalue weighted by Crippen LogP contribution is -2.55. The van der Waals surface area contributed by atoms with Gasteiger partial charge in [0.1, 0.15) is 11.5 Å². The number of carbonyl (C=O) groups is 10. The molecule has 0 radical (unpaired) electrons. The van der Waals surface area contributed by atoms with Crippen LogP contribution in [0.3, 0.4) is 0 Å². The molecule has 2 unspecified atom stereocenters. The standard InChI is InChI=1S/C39H54N4O9.C32H48N4O9/c1-8-34(44)40-18-20-42-32-23-31(27(4)22-33(32)52-39(6,7)37(42)47)36(46)43(26(2)3)30-16-12-19-41(24-30)38(48)51-28(5)50-35(45)17-13-21-49-25-29-14-10-9-11-15-29;1-8-27(38)33-13-15-35-25-18-24(21(4)17-26(25)45-32(6,7)30(35)41)29(40)36(20(2)3)23-11-9-14-34(19-23)31(42)44-22(5)43-28(39)12-10-16-37/h9-11,14-15,22-23,26,28,30H,8,12-13,16-21,24-25H2,1-7H3,(H,40,44);17-18,20,22-23,37H,8-16,19H2,1-7H3,(H,33,38)/t28?,30-;22?,23-/m11/s1. The number of benzene rings is 3. The van der Waals surface area contributed by atoms with E-state index in [0.717, 1.165) is 5.56 Å². The molecule has 0 spiro atoms. The summed E-state index contributed by atoms with van der Waals surface area (Å²) in [6.45, 7) is 27.5. The minimum Gasteiger partial charge on any atom is -0.476 e. The largest absolute Gasteiger partial charge is 0.476 e. The molecule has 3 aromatic carbocycles. The topological polar surface area (TPSA) is 299 Å². The van der Waals surface area contributed by atoms with Crippen LogP contribution in [0.5, 0.6) is 11.5 Å². The van der Waals surface area contributed by atoms with E-state index in [9.17, 15) is 47.9 Å². The number of esters is 2. The molecule has 7 rings (SSSR count). The van der Waals surface area contributed by atoms with Gasteiger partial charge in [0.25, 0.3) is 23.6 Å². The molecular weight excluding hydrogens is 1250 g/mol. The van der Waals surface area contributed by atoms with Crippen LogP contribution in [0, 0.1) is 13.8 Å². The Morgan fingerprint density at radius 1 is 0.608 bits per heavy atom. The molecule has 4 aliphatic rings. The predicted octanol–water partition coefficient (Wildman–Crippen LogP) is 8.50. The van der Waals surface area contributed by atoms with Gasteiger partial charge < -0.3 is 78.3 Å². The molecule has 0 aliphatic carbocycles. The number of aryl methyl sites for hydroxylation is 2. The van der Waals surface area contributed by atoms with Crippen LogP contribution < -0.4 is 29.9 Å². The van der Waals surface area contributed by atoms with E-state index >= 15 is 0 Å². The third kappa shape index (κ3) is 21.2. The Bertz CT molecular complexity index is 3270. The van der Waals surface area contributed by atoms with E-state index < -0.39 is 47.9 Å². The van der Waals surface area contributed by atoms with E-state index in [2.05, 4.69) is 10.6 Å². The van der Waals surface area contributed by atoms with Crippen molar-refractivity contribution in [1.82, 2.24) is 30.2 Å². The molecule has 0 aromatic heterocycles. The first-order chi connectivity index (χ1) is 45.9. The van der Waals surface area contributed by atoms with E-state index in [1.54, 1.807) is 90.3 Å². The average Bonchev–Trinajstić information content (AvgIpc) is 0.761. The van der Waals surface area contributed by atoms with Crippen molar-refractivity contribution in [3.63, 3.8) is 0 Å². The number of carbonyl (C=O) groups excluding carboxylic acids is 10. The zero-order chi connectivity index (χ0) is 71.5. The fourth-order valence-electron chi connectivity index (χ4n) is 12.1. The minimum atomic E-state index is -1.13. The maximum Gasteiger partial charge on any atom is 0.412 e. The fraction of sp³-hybridized carbons (Fsp3) is 0.606. The molecule has 26 nitrogen and oxygen atoms in total. The Hall–Kier alpha value is -8.52. The van der Waals surface area contributed by atoms with Crippen molar-refractivity contribution in [2.24, 2.45) is 0 Å². The maximum atomic E-state index is 14.3. The summed E-state index contributed by atoms with van der Waals surface area (Å²) in [5, 5.41) is 14.5. The summed E-state index contributed by atoms with van der Waals surface area (Å²) >= 11 is 0. The molecule has 26 heteroatoms. The second-order valence-electron chi connectivity index (χ2n) is 26.3. The first kappa shape index (κ1) is 77.5. The first-order valence-electron chi connectivity index (χ1n) is 33.9. The lowest BCUT2D eigenvalue weighted by molar-refractivity contribution is -0.168. The van der Waals surface area contributed by atoms with Crippen LogP contribution >= 0.6 is 0 Å². The number of fused-ring (bicyclic) bond motifs is 2. The third-order valence-electron chi connectivity index (χ3n) is 17.0. The molecule has 4 heterocycles. The molecule has 97 heavy (non-hydrogen) atoms. The molecule has 3 N–H and O–H groups in total. The zero-order valence-electron chi connectivity index (χ0n) is 59.1. The highest BCUT2D eigenvalue weighted by atomic mass is 16.7. The summed E-state index contributed by atoms with van der Waals surface area (Å²) in [4.78, 5) is 139. The van der Waals surface area contributed by atoms with Crippen LogP contribution in [-0.2, 0) is 59.1 Å². The molecule has 8 amide bonds. The van der Waals surface area contributed by atoms with Gasteiger partial charge in [-0.2, -0.15) is 0 Å². The summed E-state index contributed by atoms with van der Waals surface area (Å²) < 4.78 is 39.0. The van der Waals surface area contributed by atoms with Gasteiger partial charge >= 0.3 is 24.1 Å². The van der Waals surface area contributed by atoms with Crippen molar-refractivity contribution in [2.75, 3.05) is 75.4 Å². The number of piperidine rings is 2. The second kappa shape index (κ2) is 35.6. The van der Waals surface area contributed by atoms with Gasteiger partial charge in [-0.05, 0) is 149 Å². The Balaban J connectivity index is 0.000000310. The van der Waals surface area contributed by atoms with Crippen LogP contribution in [-0.4, -0.2) is 198 Å². The summed E-state index contributed by atoms with van der Waals surface area (Å²) in [6.07, 6.45) is 0.704. The number of nitrogens with one attached hydrogen (secondary N) is 2. The van der Waals surface area contributed by atoms with Gasteiger partial charge in [0.15, 0.2) is 11.2 Å². The van der Waals surface area contributed by atoms with Gasteiger partial charge in [-0.3, -0.25) is 38.4 Å². The zero-order valence-corrected chi connectivity index (χ0v) is 59.1. The van der Waals surface area contributed by atoms with E-state index in [-0.39, 0.29) is 125 Å². The Morgan fingerprint density at radius 2 is 1.02 bits per heavy atom. The predicted molar refractivity (Wildman–Crippen MR) is 361 cm³/mol. The van der Waals surface area contributed by atoms with Crippen LogP contribution in [0.25, 0.3) is 0 Å².